The van der Waals surface area contributed by atoms with Crippen LogP contribution in [0.1, 0.15) is 26.7 Å². The van der Waals surface area contributed by atoms with Crippen molar-refractivity contribution in [2.75, 3.05) is 11.5 Å². The highest BCUT2D eigenvalue weighted by Gasteiger charge is 2.32. The Hall–Kier alpha value is 0.310. The van der Waals surface area contributed by atoms with E-state index < -0.39 is 0 Å². The van der Waals surface area contributed by atoms with Gasteiger partial charge in [0.1, 0.15) is 0 Å². The molecule has 2 rings (SSSR count). The summed E-state index contributed by atoms with van der Waals surface area (Å²) in [5.74, 6) is 4.46. The van der Waals surface area contributed by atoms with Crippen molar-refractivity contribution in [1.29, 1.82) is 0 Å². The third-order valence-corrected chi connectivity index (χ3v) is 4.52. The lowest BCUT2D eigenvalue weighted by Crippen LogP contribution is -2.45. The summed E-state index contributed by atoms with van der Waals surface area (Å²) in [7, 11) is 0. The third kappa shape index (κ3) is 1.97. The molecule has 70 valence electrons. The Morgan fingerprint density at radius 3 is 2.17 bits per heavy atom. The zero-order chi connectivity index (χ0) is 8.55. The highest BCUT2D eigenvalue weighted by Crippen LogP contribution is 2.30. The minimum absolute atomic E-state index is 0.804. The van der Waals surface area contributed by atoms with E-state index in [2.05, 4.69) is 30.9 Å². The summed E-state index contributed by atoms with van der Waals surface area (Å²) in [4.78, 5) is 0. The van der Waals surface area contributed by atoms with Gasteiger partial charge in [-0.15, -0.1) is 0 Å². The molecule has 1 aliphatic carbocycles. The van der Waals surface area contributed by atoms with E-state index in [1.165, 1.54) is 24.3 Å². The van der Waals surface area contributed by atoms with E-state index in [-0.39, 0.29) is 0 Å². The second kappa shape index (κ2) is 3.59. The van der Waals surface area contributed by atoms with Crippen LogP contribution in [0.3, 0.4) is 0 Å². The molecule has 0 spiro atoms. The van der Waals surface area contributed by atoms with Crippen molar-refractivity contribution >= 4 is 11.8 Å². The number of thioether (sulfide) groups is 1. The smallest absolute Gasteiger partial charge is 0.0137 e. The van der Waals surface area contributed by atoms with Gasteiger partial charge in [-0.3, -0.25) is 0 Å². The fraction of sp³-hybridized carbons (Fsp3) is 1.00. The maximum Gasteiger partial charge on any atom is 0.0137 e. The van der Waals surface area contributed by atoms with Gasteiger partial charge in [0, 0.05) is 12.1 Å². The van der Waals surface area contributed by atoms with Crippen LogP contribution >= 0.6 is 11.8 Å². The predicted octanol–water partition coefficient (Wildman–Crippen LogP) is 2.13. The topological polar surface area (TPSA) is 12.0 Å². The van der Waals surface area contributed by atoms with Crippen molar-refractivity contribution in [3.8, 4) is 0 Å². The molecule has 2 fully saturated rings. The van der Waals surface area contributed by atoms with Crippen LogP contribution in [0.2, 0.25) is 0 Å². The highest BCUT2D eigenvalue weighted by atomic mass is 32.2. The van der Waals surface area contributed by atoms with Crippen LogP contribution in [0.5, 0.6) is 0 Å². The molecule has 1 N–H and O–H groups in total. The Morgan fingerprint density at radius 1 is 1.08 bits per heavy atom. The average molecular weight is 185 g/mol. The molecule has 0 bridgehead atoms. The van der Waals surface area contributed by atoms with Crippen LogP contribution in [-0.2, 0) is 0 Å². The molecule has 1 saturated heterocycles. The van der Waals surface area contributed by atoms with E-state index in [4.69, 9.17) is 0 Å². The first-order chi connectivity index (χ1) is 5.77. The van der Waals surface area contributed by atoms with Crippen molar-refractivity contribution in [2.24, 2.45) is 11.8 Å². The Balaban J connectivity index is 1.88. The van der Waals surface area contributed by atoms with Crippen molar-refractivity contribution in [2.45, 2.75) is 38.8 Å². The molecule has 1 nitrogen and oxygen atoms in total. The molecular weight excluding hydrogens is 166 g/mol. The van der Waals surface area contributed by atoms with Gasteiger partial charge in [-0.05, 0) is 36.2 Å². The molecule has 2 unspecified atom stereocenters. The molecule has 0 aromatic carbocycles. The third-order valence-electron chi connectivity index (χ3n) is 2.99. The molecule has 12 heavy (non-hydrogen) atoms. The van der Waals surface area contributed by atoms with Crippen molar-refractivity contribution in [3.05, 3.63) is 0 Å². The zero-order valence-corrected chi connectivity index (χ0v) is 8.86. The van der Waals surface area contributed by atoms with Gasteiger partial charge in [0.15, 0.2) is 0 Å². The van der Waals surface area contributed by atoms with E-state index in [1.54, 1.807) is 0 Å². The summed E-state index contributed by atoms with van der Waals surface area (Å²) in [5, 5.41) is 3.78. The van der Waals surface area contributed by atoms with Gasteiger partial charge >= 0.3 is 0 Å². The minimum atomic E-state index is 0.804. The van der Waals surface area contributed by atoms with Crippen LogP contribution in [-0.4, -0.2) is 23.6 Å². The largest absolute Gasteiger partial charge is 0.311 e. The molecule has 2 aliphatic rings. The first-order valence-corrected chi connectivity index (χ1v) is 6.26. The van der Waals surface area contributed by atoms with E-state index in [9.17, 15) is 0 Å². The second-order valence-electron chi connectivity index (χ2n) is 4.46. The van der Waals surface area contributed by atoms with Gasteiger partial charge in [0.2, 0.25) is 0 Å². The molecule has 1 heterocycles. The Bertz CT molecular complexity index is 146. The zero-order valence-electron chi connectivity index (χ0n) is 8.05. The lowest BCUT2D eigenvalue weighted by atomic mass is 9.92. The first kappa shape index (κ1) is 8.89. The summed E-state index contributed by atoms with van der Waals surface area (Å²) in [5.41, 5.74) is 0. The van der Waals surface area contributed by atoms with E-state index in [0.717, 1.165) is 23.9 Å². The van der Waals surface area contributed by atoms with Gasteiger partial charge < -0.3 is 5.32 Å². The molecule has 0 aromatic heterocycles. The number of nitrogens with one attached hydrogen (secondary N) is 1. The normalized spacial score (nSPS) is 43.0. The maximum atomic E-state index is 3.78. The first-order valence-electron chi connectivity index (χ1n) is 5.11. The fourth-order valence-corrected chi connectivity index (χ4v) is 3.35. The summed E-state index contributed by atoms with van der Waals surface area (Å²) < 4.78 is 0. The standard InChI is InChI=1S/C10H19NS/c1-7-5-12-6-8(2)10(7)11-9-3-4-9/h7-11H,3-6H2,1-2H3. The van der Waals surface area contributed by atoms with Gasteiger partial charge in [0.05, 0.1) is 0 Å². The van der Waals surface area contributed by atoms with Crippen molar-refractivity contribution in [3.63, 3.8) is 0 Å². The molecule has 2 heteroatoms. The summed E-state index contributed by atoms with van der Waals surface area (Å²) >= 11 is 2.12. The average Bonchev–Trinajstić information content (AvgIpc) is 2.80. The van der Waals surface area contributed by atoms with Crippen molar-refractivity contribution in [1.82, 2.24) is 5.32 Å². The fourth-order valence-electron chi connectivity index (χ4n) is 2.06. The Labute approximate surface area is 79.7 Å². The quantitative estimate of drug-likeness (QED) is 0.707. The van der Waals surface area contributed by atoms with Gasteiger partial charge in [-0.1, -0.05) is 13.8 Å². The summed E-state index contributed by atoms with van der Waals surface area (Å²) in [6.45, 7) is 4.78. The molecule has 2 atom stereocenters. The van der Waals surface area contributed by atoms with E-state index >= 15 is 0 Å². The van der Waals surface area contributed by atoms with Crippen LogP contribution in [0.15, 0.2) is 0 Å². The molecule has 0 aromatic rings. The predicted molar refractivity (Wildman–Crippen MR) is 55.6 cm³/mol. The van der Waals surface area contributed by atoms with Gasteiger partial charge in [-0.2, -0.15) is 11.8 Å². The van der Waals surface area contributed by atoms with Crippen molar-refractivity contribution < 1.29 is 0 Å². The Morgan fingerprint density at radius 2 is 1.67 bits per heavy atom. The lowest BCUT2D eigenvalue weighted by molar-refractivity contribution is 0.310. The van der Waals surface area contributed by atoms with E-state index in [1.807, 2.05) is 0 Å². The lowest BCUT2D eigenvalue weighted by Gasteiger charge is -2.35. The minimum Gasteiger partial charge on any atom is -0.311 e. The van der Waals surface area contributed by atoms with E-state index in [0.29, 0.717) is 0 Å². The molecule has 1 saturated carbocycles. The number of hydrogen-bond donors (Lipinski definition) is 1. The van der Waals surface area contributed by atoms with Crippen LogP contribution in [0.4, 0.5) is 0 Å². The van der Waals surface area contributed by atoms with Crippen LogP contribution in [0.25, 0.3) is 0 Å². The number of hydrogen-bond acceptors (Lipinski definition) is 2. The maximum absolute atomic E-state index is 3.78. The molecule has 0 amide bonds. The van der Waals surface area contributed by atoms with Crippen LogP contribution in [0, 0.1) is 11.8 Å². The highest BCUT2D eigenvalue weighted by molar-refractivity contribution is 7.99. The molecule has 1 aliphatic heterocycles. The molecule has 0 radical (unpaired) electrons. The van der Waals surface area contributed by atoms with Gasteiger partial charge in [0.25, 0.3) is 0 Å². The Kier molecular flexibility index (Phi) is 2.66. The molecular formula is C10H19NS. The summed E-state index contributed by atoms with van der Waals surface area (Å²) in [6, 6.07) is 1.68. The van der Waals surface area contributed by atoms with Gasteiger partial charge in [-0.25, -0.2) is 0 Å². The second-order valence-corrected chi connectivity index (χ2v) is 5.53. The SMILES string of the molecule is CC1CSCC(C)C1NC1CC1. The number of rotatable bonds is 2. The monoisotopic (exact) mass is 185 g/mol. The van der Waals surface area contributed by atoms with Crippen LogP contribution < -0.4 is 5.32 Å². The summed E-state index contributed by atoms with van der Waals surface area (Å²) in [6.07, 6.45) is 2.84.